The summed E-state index contributed by atoms with van der Waals surface area (Å²) in [7, 11) is -3.46. The molecule has 4 nitrogen and oxygen atoms in total. The van der Waals surface area contributed by atoms with Crippen molar-refractivity contribution in [1.29, 1.82) is 0 Å². The van der Waals surface area contributed by atoms with Crippen LogP contribution in [0.4, 0.5) is 0 Å². The fraction of sp³-hybridized carbons (Fsp3) is 0.412. The Morgan fingerprint density at radius 1 is 1.13 bits per heavy atom. The van der Waals surface area contributed by atoms with Gasteiger partial charge in [0.1, 0.15) is 4.21 Å². The van der Waals surface area contributed by atoms with E-state index < -0.39 is 10.0 Å². The van der Waals surface area contributed by atoms with Gasteiger partial charge >= 0.3 is 0 Å². The van der Waals surface area contributed by atoms with Crippen LogP contribution in [0.25, 0.3) is 0 Å². The van der Waals surface area contributed by atoms with E-state index in [0.29, 0.717) is 10.8 Å². The van der Waals surface area contributed by atoms with Gasteiger partial charge in [-0.05, 0) is 34.2 Å². The van der Waals surface area contributed by atoms with Gasteiger partial charge < -0.3 is 5.32 Å². The van der Waals surface area contributed by atoms with Crippen LogP contribution in [-0.4, -0.2) is 8.42 Å². The Labute approximate surface area is 142 Å². The van der Waals surface area contributed by atoms with Gasteiger partial charge in [0.15, 0.2) is 0 Å². The lowest BCUT2D eigenvalue weighted by Crippen LogP contribution is -2.22. The van der Waals surface area contributed by atoms with E-state index in [4.69, 9.17) is 0 Å². The first kappa shape index (κ1) is 16.6. The number of sulfonamides is 1. The molecule has 1 aromatic carbocycles. The summed E-state index contributed by atoms with van der Waals surface area (Å²) in [6.45, 7) is 8.32. The van der Waals surface area contributed by atoms with Crippen molar-refractivity contribution in [3.63, 3.8) is 0 Å². The maximum absolute atomic E-state index is 12.5. The Morgan fingerprint density at radius 3 is 2.57 bits per heavy atom. The van der Waals surface area contributed by atoms with Gasteiger partial charge in [0.2, 0.25) is 10.0 Å². The molecule has 23 heavy (non-hydrogen) atoms. The predicted molar refractivity (Wildman–Crippen MR) is 94.0 cm³/mol. The van der Waals surface area contributed by atoms with Crippen LogP contribution in [0.15, 0.2) is 34.5 Å². The Hall–Kier alpha value is -1.21. The molecule has 0 aliphatic carbocycles. The number of benzene rings is 1. The topological polar surface area (TPSA) is 58.2 Å². The molecule has 0 atom stereocenters. The van der Waals surface area contributed by atoms with Crippen LogP contribution < -0.4 is 10.0 Å². The maximum atomic E-state index is 12.5. The minimum Gasteiger partial charge on any atom is -0.309 e. The Morgan fingerprint density at radius 2 is 1.87 bits per heavy atom. The van der Waals surface area contributed by atoms with Crippen molar-refractivity contribution in [2.45, 2.75) is 50.0 Å². The molecule has 0 spiro atoms. The molecule has 0 bridgehead atoms. The molecule has 1 aliphatic heterocycles. The zero-order valence-corrected chi connectivity index (χ0v) is 15.3. The van der Waals surface area contributed by atoms with Crippen molar-refractivity contribution in [1.82, 2.24) is 10.0 Å². The molecule has 3 rings (SSSR count). The van der Waals surface area contributed by atoms with E-state index in [1.807, 2.05) is 12.1 Å². The Balaban J connectivity index is 1.73. The highest BCUT2D eigenvalue weighted by molar-refractivity contribution is 7.91. The third-order valence-corrected chi connectivity index (χ3v) is 7.36. The zero-order valence-electron chi connectivity index (χ0n) is 13.6. The molecule has 2 heterocycles. The van der Waals surface area contributed by atoms with E-state index in [0.717, 1.165) is 23.5 Å². The second-order valence-electron chi connectivity index (χ2n) is 6.90. The van der Waals surface area contributed by atoms with Crippen LogP contribution >= 0.6 is 11.3 Å². The molecule has 1 aliphatic rings. The summed E-state index contributed by atoms with van der Waals surface area (Å²) in [5.41, 5.74) is 3.51. The lowest BCUT2D eigenvalue weighted by Gasteiger charge is -2.15. The van der Waals surface area contributed by atoms with E-state index in [1.165, 1.54) is 22.5 Å². The average molecular weight is 351 g/mol. The predicted octanol–water partition coefficient (Wildman–Crippen LogP) is 3.13. The van der Waals surface area contributed by atoms with Gasteiger partial charge in [0.25, 0.3) is 0 Å². The first-order valence-electron chi connectivity index (χ1n) is 7.67. The molecular weight excluding hydrogens is 328 g/mol. The van der Waals surface area contributed by atoms with E-state index in [2.05, 4.69) is 42.9 Å². The van der Waals surface area contributed by atoms with Crippen LogP contribution in [0.1, 0.15) is 42.3 Å². The van der Waals surface area contributed by atoms with Gasteiger partial charge in [0, 0.05) is 24.5 Å². The van der Waals surface area contributed by atoms with E-state index in [-0.39, 0.29) is 5.41 Å². The molecule has 0 amide bonds. The van der Waals surface area contributed by atoms with Crippen LogP contribution in [0, 0.1) is 0 Å². The zero-order chi connectivity index (χ0) is 16.7. The number of nitrogens with one attached hydrogen (secondary N) is 2. The molecule has 0 radical (unpaired) electrons. The first-order chi connectivity index (χ1) is 10.8. The normalized spacial score (nSPS) is 14.9. The lowest BCUT2D eigenvalue weighted by atomic mass is 9.95. The minimum atomic E-state index is -3.46. The Kier molecular flexibility index (Phi) is 4.35. The SMILES string of the molecule is CC(C)(C)c1ccc(S(=O)(=O)NCc2ccc3c(c2)CNC3)s1. The monoisotopic (exact) mass is 350 g/mol. The van der Waals surface area contributed by atoms with Crippen LogP contribution in [0.3, 0.4) is 0 Å². The van der Waals surface area contributed by atoms with Crippen molar-refractivity contribution in [3.8, 4) is 0 Å². The van der Waals surface area contributed by atoms with Crippen LogP contribution in [-0.2, 0) is 35.1 Å². The number of fused-ring (bicyclic) bond motifs is 1. The number of hydrogen-bond donors (Lipinski definition) is 2. The van der Waals surface area contributed by atoms with Crippen LogP contribution in [0.5, 0.6) is 0 Å². The van der Waals surface area contributed by atoms with Crippen molar-refractivity contribution < 1.29 is 8.42 Å². The van der Waals surface area contributed by atoms with Gasteiger partial charge in [0.05, 0.1) is 0 Å². The largest absolute Gasteiger partial charge is 0.309 e. The lowest BCUT2D eigenvalue weighted by molar-refractivity contribution is 0.583. The number of hydrogen-bond acceptors (Lipinski definition) is 4. The van der Waals surface area contributed by atoms with Gasteiger partial charge in [-0.3, -0.25) is 0 Å². The van der Waals surface area contributed by atoms with Gasteiger partial charge in [-0.15, -0.1) is 11.3 Å². The molecule has 124 valence electrons. The van der Waals surface area contributed by atoms with Gasteiger partial charge in [-0.25, -0.2) is 13.1 Å². The van der Waals surface area contributed by atoms with E-state index in [1.54, 1.807) is 6.07 Å². The highest BCUT2D eigenvalue weighted by Crippen LogP contribution is 2.31. The maximum Gasteiger partial charge on any atom is 0.250 e. The second kappa shape index (κ2) is 6.02. The smallest absolute Gasteiger partial charge is 0.250 e. The first-order valence-corrected chi connectivity index (χ1v) is 9.97. The molecule has 0 saturated carbocycles. The molecule has 0 fully saturated rings. The van der Waals surface area contributed by atoms with Crippen molar-refractivity contribution in [2.75, 3.05) is 0 Å². The number of rotatable bonds is 4. The molecule has 0 saturated heterocycles. The summed E-state index contributed by atoms with van der Waals surface area (Å²) < 4.78 is 28.0. The Bertz CT molecular complexity index is 817. The summed E-state index contributed by atoms with van der Waals surface area (Å²) in [4.78, 5) is 1.07. The fourth-order valence-electron chi connectivity index (χ4n) is 2.58. The highest BCUT2D eigenvalue weighted by Gasteiger charge is 2.22. The molecule has 1 aromatic heterocycles. The fourth-order valence-corrected chi connectivity index (χ4v) is 5.00. The molecular formula is C17H22N2O2S2. The molecule has 0 unspecified atom stereocenters. The van der Waals surface area contributed by atoms with Crippen LogP contribution in [0.2, 0.25) is 0 Å². The standard InChI is InChI=1S/C17H22N2O2S2/c1-17(2,3)15-6-7-16(22-15)23(20,21)19-9-12-4-5-13-10-18-11-14(13)8-12/h4-8,18-19H,9-11H2,1-3H3. The third-order valence-electron chi connectivity index (χ3n) is 3.95. The summed E-state index contributed by atoms with van der Waals surface area (Å²) >= 11 is 1.34. The quantitative estimate of drug-likeness (QED) is 0.891. The summed E-state index contributed by atoms with van der Waals surface area (Å²) in [6, 6.07) is 9.73. The molecule has 2 aromatic rings. The summed E-state index contributed by atoms with van der Waals surface area (Å²) in [6.07, 6.45) is 0. The van der Waals surface area contributed by atoms with Crippen molar-refractivity contribution in [2.24, 2.45) is 0 Å². The van der Waals surface area contributed by atoms with E-state index in [9.17, 15) is 8.42 Å². The van der Waals surface area contributed by atoms with Crippen molar-refractivity contribution in [3.05, 3.63) is 51.9 Å². The van der Waals surface area contributed by atoms with Crippen molar-refractivity contribution >= 4 is 21.4 Å². The average Bonchev–Trinajstić information content (AvgIpc) is 3.13. The third kappa shape index (κ3) is 3.66. The summed E-state index contributed by atoms with van der Waals surface area (Å²) in [5, 5.41) is 3.29. The van der Waals surface area contributed by atoms with Gasteiger partial charge in [-0.2, -0.15) is 0 Å². The second-order valence-corrected chi connectivity index (χ2v) is 9.98. The molecule has 6 heteroatoms. The summed E-state index contributed by atoms with van der Waals surface area (Å²) in [5.74, 6) is 0. The molecule has 2 N–H and O–H groups in total. The number of thiophene rings is 1. The van der Waals surface area contributed by atoms with E-state index >= 15 is 0 Å². The minimum absolute atomic E-state index is 0.0363. The highest BCUT2D eigenvalue weighted by atomic mass is 32.2. The van der Waals surface area contributed by atoms with Gasteiger partial charge in [-0.1, -0.05) is 39.0 Å².